The first-order valence-electron chi connectivity index (χ1n) is 4.93. The van der Waals surface area contributed by atoms with Gasteiger partial charge in [0.25, 0.3) is 0 Å². The number of amides is 1. The molecule has 1 aromatic rings. The van der Waals surface area contributed by atoms with Crippen molar-refractivity contribution in [1.82, 2.24) is 0 Å². The lowest BCUT2D eigenvalue weighted by Gasteiger charge is -2.09. The Morgan fingerprint density at radius 2 is 2.24 bits per heavy atom. The van der Waals surface area contributed by atoms with Gasteiger partial charge < -0.3 is 15.2 Å². The van der Waals surface area contributed by atoms with E-state index in [1.807, 2.05) is 0 Å². The molecule has 0 atom stereocenters. The van der Waals surface area contributed by atoms with Crippen molar-refractivity contribution in [3.63, 3.8) is 0 Å². The zero-order valence-electron chi connectivity index (χ0n) is 9.40. The normalized spacial score (nSPS) is 9.47. The van der Waals surface area contributed by atoms with Gasteiger partial charge in [-0.25, -0.2) is 4.79 Å². The zero-order chi connectivity index (χ0) is 12.8. The number of aromatic carboxylic acids is 1. The van der Waals surface area contributed by atoms with Crippen LogP contribution in [0.4, 0.5) is 5.69 Å². The van der Waals surface area contributed by atoms with E-state index in [-0.39, 0.29) is 23.8 Å². The Morgan fingerprint density at radius 1 is 1.53 bits per heavy atom. The number of carbonyl (C=O) groups is 2. The quantitative estimate of drug-likeness (QED) is 0.764. The Kier molecular flexibility index (Phi) is 4.28. The first-order valence-corrected chi connectivity index (χ1v) is 4.93. The second-order valence-corrected chi connectivity index (χ2v) is 3.30. The summed E-state index contributed by atoms with van der Waals surface area (Å²) in [4.78, 5) is 21.8. The number of rotatable bonds is 5. The number of carboxylic acid groups (broad SMARTS) is 1. The second-order valence-electron chi connectivity index (χ2n) is 3.30. The van der Waals surface area contributed by atoms with Crippen LogP contribution in [0.5, 0.6) is 5.75 Å². The molecule has 90 valence electrons. The third kappa shape index (κ3) is 3.64. The molecule has 2 N–H and O–H groups in total. The lowest BCUT2D eigenvalue weighted by atomic mass is 10.2. The second kappa shape index (κ2) is 5.69. The Bertz CT molecular complexity index is 454. The van der Waals surface area contributed by atoms with Crippen molar-refractivity contribution >= 4 is 17.6 Å². The molecule has 1 amide bonds. The monoisotopic (exact) mass is 235 g/mol. The number of carbonyl (C=O) groups excluding carboxylic acids is 1. The molecule has 0 heterocycles. The zero-order valence-corrected chi connectivity index (χ0v) is 9.40. The van der Waals surface area contributed by atoms with E-state index < -0.39 is 5.97 Å². The molecular weight excluding hydrogens is 222 g/mol. The summed E-state index contributed by atoms with van der Waals surface area (Å²) >= 11 is 0. The number of anilines is 1. The van der Waals surface area contributed by atoms with Crippen molar-refractivity contribution in [2.45, 2.75) is 6.92 Å². The van der Waals surface area contributed by atoms with Gasteiger partial charge in [-0.3, -0.25) is 4.79 Å². The highest BCUT2D eigenvalue weighted by Gasteiger charge is 2.12. The fourth-order valence-corrected chi connectivity index (χ4v) is 1.25. The highest BCUT2D eigenvalue weighted by atomic mass is 16.5. The topological polar surface area (TPSA) is 75.6 Å². The minimum atomic E-state index is -1.08. The first-order chi connectivity index (χ1) is 8.04. The summed E-state index contributed by atoms with van der Waals surface area (Å²) in [5.74, 6) is -1.12. The lowest BCUT2D eigenvalue weighted by Crippen LogP contribution is -2.08. The van der Waals surface area contributed by atoms with Crippen molar-refractivity contribution in [2.24, 2.45) is 0 Å². The minimum Gasteiger partial charge on any atom is -0.489 e. The van der Waals surface area contributed by atoms with Crippen LogP contribution in [0.2, 0.25) is 0 Å². The summed E-state index contributed by atoms with van der Waals surface area (Å²) < 4.78 is 5.22. The molecule has 0 bridgehead atoms. The highest BCUT2D eigenvalue weighted by Crippen LogP contribution is 2.23. The van der Waals surface area contributed by atoms with Crippen molar-refractivity contribution in [2.75, 3.05) is 11.9 Å². The smallest absolute Gasteiger partial charge is 0.339 e. The molecule has 17 heavy (non-hydrogen) atoms. The van der Waals surface area contributed by atoms with E-state index in [0.29, 0.717) is 5.69 Å². The molecule has 5 heteroatoms. The van der Waals surface area contributed by atoms with Crippen LogP contribution in [-0.2, 0) is 4.79 Å². The van der Waals surface area contributed by atoms with Gasteiger partial charge in [-0.1, -0.05) is 12.7 Å². The number of benzene rings is 1. The molecular formula is C12H13NO4. The van der Waals surface area contributed by atoms with E-state index in [9.17, 15) is 9.59 Å². The summed E-state index contributed by atoms with van der Waals surface area (Å²) in [5, 5.41) is 11.5. The maximum atomic E-state index is 10.9. The molecule has 0 fully saturated rings. The van der Waals surface area contributed by atoms with Crippen molar-refractivity contribution < 1.29 is 19.4 Å². The van der Waals surface area contributed by atoms with Gasteiger partial charge in [-0.15, -0.1) is 0 Å². The fourth-order valence-electron chi connectivity index (χ4n) is 1.25. The van der Waals surface area contributed by atoms with Crippen LogP contribution in [0.15, 0.2) is 30.9 Å². The molecule has 0 saturated heterocycles. The van der Waals surface area contributed by atoms with E-state index in [2.05, 4.69) is 11.9 Å². The minimum absolute atomic E-state index is 0.0425. The summed E-state index contributed by atoms with van der Waals surface area (Å²) in [5.41, 5.74) is 0.530. The predicted octanol–water partition coefficient (Wildman–Crippen LogP) is 1.91. The van der Waals surface area contributed by atoms with Gasteiger partial charge in [-0.2, -0.15) is 0 Å². The molecule has 0 spiro atoms. The predicted molar refractivity (Wildman–Crippen MR) is 63.4 cm³/mol. The maximum Gasteiger partial charge on any atom is 0.339 e. The van der Waals surface area contributed by atoms with Crippen LogP contribution < -0.4 is 10.1 Å². The van der Waals surface area contributed by atoms with E-state index in [1.54, 1.807) is 0 Å². The average molecular weight is 235 g/mol. The summed E-state index contributed by atoms with van der Waals surface area (Å²) in [7, 11) is 0. The van der Waals surface area contributed by atoms with Gasteiger partial charge in [0.2, 0.25) is 5.91 Å². The van der Waals surface area contributed by atoms with E-state index in [1.165, 1.54) is 31.2 Å². The van der Waals surface area contributed by atoms with E-state index >= 15 is 0 Å². The number of nitrogens with one attached hydrogen (secondary N) is 1. The van der Waals surface area contributed by atoms with E-state index in [0.717, 1.165) is 0 Å². The average Bonchev–Trinajstić information content (AvgIpc) is 2.25. The van der Waals surface area contributed by atoms with Gasteiger partial charge in [0.15, 0.2) is 0 Å². The van der Waals surface area contributed by atoms with Gasteiger partial charge >= 0.3 is 5.97 Å². The molecule has 5 nitrogen and oxygen atoms in total. The van der Waals surface area contributed by atoms with Crippen molar-refractivity contribution in [3.05, 3.63) is 36.4 Å². The number of ether oxygens (including phenoxy) is 1. The van der Waals surface area contributed by atoms with Crippen LogP contribution in [0.1, 0.15) is 17.3 Å². The van der Waals surface area contributed by atoms with Gasteiger partial charge in [0, 0.05) is 18.7 Å². The molecule has 0 aromatic heterocycles. The van der Waals surface area contributed by atoms with Gasteiger partial charge in [-0.05, 0) is 12.1 Å². The Hall–Kier alpha value is -2.30. The Balaban J connectivity index is 3.04. The Morgan fingerprint density at radius 3 is 2.76 bits per heavy atom. The Labute approximate surface area is 98.7 Å². The van der Waals surface area contributed by atoms with Gasteiger partial charge in [0.1, 0.15) is 17.9 Å². The standard InChI is InChI=1S/C12H13NO4/c1-3-6-17-11-7-9(13-8(2)14)4-5-10(11)12(15)16/h3-5,7H,1,6H2,2H3,(H,13,14)(H,15,16). The van der Waals surface area contributed by atoms with Gasteiger partial charge in [0.05, 0.1) is 0 Å². The largest absolute Gasteiger partial charge is 0.489 e. The molecule has 1 rings (SSSR count). The van der Waals surface area contributed by atoms with Crippen LogP contribution in [0.25, 0.3) is 0 Å². The summed E-state index contributed by atoms with van der Waals surface area (Å²) in [6.45, 7) is 5.05. The highest BCUT2D eigenvalue weighted by molar-refractivity contribution is 5.93. The number of carboxylic acids is 1. The summed E-state index contributed by atoms with van der Waals surface area (Å²) in [6, 6.07) is 4.35. The molecule has 0 unspecified atom stereocenters. The number of hydrogen-bond donors (Lipinski definition) is 2. The molecule has 0 saturated carbocycles. The molecule has 0 aliphatic rings. The van der Waals surface area contributed by atoms with Crippen LogP contribution in [0, 0.1) is 0 Å². The van der Waals surface area contributed by atoms with Crippen molar-refractivity contribution in [1.29, 1.82) is 0 Å². The fraction of sp³-hybridized carbons (Fsp3) is 0.167. The third-order valence-corrected chi connectivity index (χ3v) is 1.89. The SMILES string of the molecule is C=CCOc1cc(NC(C)=O)ccc1C(=O)O. The first kappa shape index (κ1) is 12.8. The summed E-state index contributed by atoms with van der Waals surface area (Å²) in [6.07, 6.45) is 1.51. The van der Waals surface area contributed by atoms with E-state index in [4.69, 9.17) is 9.84 Å². The number of hydrogen-bond acceptors (Lipinski definition) is 3. The molecule has 0 aliphatic carbocycles. The van der Waals surface area contributed by atoms with Crippen LogP contribution >= 0.6 is 0 Å². The van der Waals surface area contributed by atoms with Crippen LogP contribution in [-0.4, -0.2) is 23.6 Å². The third-order valence-electron chi connectivity index (χ3n) is 1.89. The van der Waals surface area contributed by atoms with Crippen molar-refractivity contribution in [3.8, 4) is 5.75 Å². The maximum absolute atomic E-state index is 10.9. The van der Waals surface area contributed by atoms with Crippen LogP contribution in [0.3, 0.4) is 0 Å². The molecule has 0 radical (unpaired) electrons. The molecule has 1 aromatic carbocycles. The molecule has 0 aliphatic heterocycles. The lowest BCUT2D eigenvalue weighted by molar-refractivity contribution is -0.114.